The fraction of sp³-hybridized carbons (Fsp3) is 0.951. The molecule has 0 aromatic rings. The Labute approximate surface area is 613 Å². The van der Waals surface area contributed by atoms with Gasteiger partial charge in [-0.2, -0.15) is 0 Å². The second-order valence-corrected chi connectivity index (χ2v) is 33.7. The smallest absolute Gasteiger partial charge is 0.462 e. The van der Waals surface area contributed by atoms with Gasteiger partial charge in [0.2, 0.25) is 0 Å². The van der Waals surface area contributed by atoms with Crippen LogP contribution in [0.1, 0.15) is 415 Å². The minimum atomic E-state index is -4.96. The second-order valence-electron chi connectivity index (χ2n) is 30.8. The van der Waals surface area contributed by atoms with Gasteiger partial charge in [0, 0.05) is 25.7 Å². The maximum atomic E-state index is 13.1. The Kier molecular flexibility index (Phi) is 68.7. The van der Waals surface area contributed by atoms with Crippen molar-refractivity contribution in [1.29, 1.82) is 0 Å². The largest absolute Gasteiger partial charge is 0.472 e. The lowest BCUT2D eigenvalue weighted by molar-refractivity contribution is -0.161. The van der Waals surface area contributed by atoms with Gasteiger partial charge in [0.05, 0.1) is 26.4 Å². The van der Waals surface area contributed by atoms with Crippen LogP contribution in [0.25, 0.3) is 0 Å². The number of phosphoric acid groups is 2. The number of hydrogen-bond donors (Lipinski definition) is 3. The first-order chi connectivity index (χ1) is 48.1. The number of carbonyl (C=O) groups is 4. The van der Waals surface area contributed by atoms with Crippen molar-refractivity contribution < 1.29 is 80.2 Å². The summed E-state index contributed by atoms with van der Waals surface area (Å²) in [6.07, 6.45) is 57.2. The molecular formula is C81H158O17P2. The fourth-order valence-electron chi connectivity index (χ4n) is 12.4. The third-order valence-electron chi connectivity index (χ3n) is 19.2. The van der Waals surface area contributed by atoms with E-state index in [-0.39, 0.29) is 25.7 Å². The molecule has 0 spiro atoms. The first-order valence-electron chi connectivity index (χ1n) is 41.7. The molecule has 0 aliphatic rings. The van der Waals surface area contributed by atoms with Crippen molar-refractivity contribution >= 4 is 39.5 Å². The summed E-state index contributed by atoms with van der Waals surface area (Å²) in [5.41, 5.74) is 0. The fourth-order valence-corrected chi connectivity index (χ4v) is 14.0. The van der Waals surface area contributed by atoms with Crippen molar-refractivity contribution in [2.45, 2.75) is 433 Å². The third kappa shape index (κ3) is 73.0. The van der Waals surface area contributed by atoms with Crippen LogP contribution in [0.4, 0.5) is 0 Å². The molecule has 0 aliphatic heterocycles. The Bertz CT molecular complexity index is 1960. The molecule has 0 bridgehead atoms. The van der Waals surface area contributed by atoms with Crippen LogP contribution < -0.4 is 0 Å². The summed E-state index contributed by atoms with van der Waals surface area (Å²) in [6, 6.07) is 0. The summed E-state index contributed by atoms with van der Waals surface area (Å²) in [6.45, 7) is 14.2. The summed E-state index contributed by atoms with van der Waals surface area (Å²) in [5.74, 6) is 0.967. The van der Waals surface area contributed by atoms with Crippen LogP contribution in [0.15, 0.2) is 0 Å². The van der Waals surface area contributed by atoms with E-state index >= 15 is 0 Å². The first-order valence-corrected chi connectivity index (χ1v) is 44.7. The number of phosphoric ester groups is 2. The molecular weight excluding hydrogens is 1310 g/mol. The average molecular weight is 1470 g/mol. The third-order valence-corrected chi connectivity index (χ3v) is 21.1. The van der Waals surface area contributed by atoms with Crippen molar-refractivity contribution in [2.75, 3.05) is 39.6 Å². The number of hydrogen-bond acceptors (Lipinski definition) is 15. The van der Waals surface area contributed by atoms with E-state index in [2.05, 4.69) is 55.4 Å². The lowest BCUT2D eigenvalue weighted by Crippen LogP contribution is -2.30. The number of unbranched alkanes of at least 4 members (excludes halogenated alkanes) is 43. The maximum absolute atomic E-state index is 13.1. The summed E-state index contributed by atoms with van der Waals surface area (Å²) in [7, 11) is -9.92. The molecule has 0 saturated carbocycles. The molecule has 0 aromatic heterocycles. The van der Waals surface area contributed by atoms with Crippen molar-refractivity contribution in [3.05, 3.63) is 0 Å². The van der Waals surface area contributed by atoms with Crippen LogP contribution >= 0.6 is 15.6 Å². The molecule has 0 aliphatic carbocycles. The zero-order valence-corrected chi connectivity index (χ0v) is 67.6. The Morgan fingerprint density at radius 3 is 0.710 bits per heavy atom. The zero-order chi connectivity index (χ0) is 73.8. The molecule has 19 heteroatoms. The van der Waals surface area contributed by atoms with Crippen LogP contribution in [0.2, 0.25) is 0 Å². The summed E-state index contributed by atoms with van der Waals surface area (Å²) < 4.78 is 68.6. The molecule has 100 heavy (non-hydrogen) atoms. The molecule has 594 valence electrons. The van der Waals surface area contributed by atoms with E-state index in [4.69, 9.17) is 37.0 Å². The first kappa shape index (κ1) is 98.1. The van der Waals surface area contributed by atoms with Gasteiger partial charge in [-0.3, -0.25) is 37.3 Å². The van der Waals surface area contributed by atoms with Crippen LogP contribution in [-0.2, 0) is 65.4 Å². The summed E-state index contributed by atoms with van der Waals surface area (Å²) in [4.78, 5) is 72.9. The van der Waals surface area contributed by atoms with Crippen LogP contribution in [0.3, 0.4) is 0 Å². The van der Waals surface area contributed by atoms with Gasteiger partial charge >= 0.3 is 39.5 Å². The minimum absolute atomic E-state index is 0.105. The highest BCUT2D eigenvalue weighted by atomic mass is 31.2. The minimum Gasteiger partial charge on any atom is -0.462 e. The van der Waals surface area contributed by atoms with Crippen molar-refractivity contribution in [3.8, 4) is 0 Å². The molecule has 0 fully saturated rings. The Morgan fingerprint density at radius 1 is 0.280 bits per heavy atom. The molecule has 0 amide bonds. The number of aliphatic hydroxyl groups is 1. The SMILES string of the molecule is CCC(C)CCCCCCCCCCCCCCCCCCCCC(=O)OC[C@H](COP(=O)(O)OC[C@@H](O)COP(=O)(O)OC[C@@H](COC(=O)CCCCCCCCC(C)C)OC(=O)CCCCCCCCCCCCCCCCC(C)C)OC(=O)CCCCCCCCCCCC(C)C. The van der Waals surface area contributed by atoms with E-state index in [0.29, 0.717) is 31.6 Å². The van der Waals surface area contributed by atoms with Gasteiger partial charge in [0.15, 0.2) is 12.2 Å². The molecule has 3 N–H and O–H groups in total. The summed E-state index contributed by atoms with van der Waals surface area (Å²) >= 11 is 0. The molecule has 0 saturated heterocycles. The van der Waals surface area contributed by atoms with Gasteiger partial charge in [-0.15, -0.1) is 0 Å². The van der Waals surface area contributed by atoms with Crippen LogP contribution in [0.5, 0.6) is 0 Å². The quantitative estimate of drug-likeness (QED) is 0.0222. The van der Waals surface area contributed by atoms with Crippen molar-refractivity contribution in [2.24, 2.45) is 23.7 Å². The number of ether oxygens (including phenoxy) is 4. The molecule has 0 rings (SSSR count). The molecule has 6 atom stereocenters. The number of rotatable bonds is 78. The Balaban J connectivity index is 5.15. The standard InChI is InChI=1S/C81H158O17P2/c1-9-74(8)60-52-44-35-29-23-19-14-12-10-11-13-15-20-24-30-36-45-53-61-78(83)91-67-76(97-81(86)64-56-48-38-32-26-28-34-42-50-58-72(4)5)69-95-99(87,88)93-65-75(82)66-94-100(89,90)96-70-77(68-92-79(84)62-54-46-40-39-43-51-59-73(6)7)98-80(85)63-55-47-37-31-25-21-17-16-18-22-27-33-41-49-57-71(2)3/h71-77,82H,9-70H2,1-8H3,(H,87,88)(H,89,90)/t74?,75-,76-,77-/m1/s1. The van der Waals surface area contributed by atoms with E-state index in [1.165, 1.54) is 212 Å². The van der Waals surface area contributed by atoms with E-state index in [1.807, 2.05) is 0 Å². The van der Waals surface area contributed by atoms with Crippen molar-refractivity contribution in [1.82, 2.24) is 0 Å². The lowest BCUT2D eigenvalue weighted by atomic mass is 9.99. The van der Waals surface area contributed by atoms with Gasteiger partial charge in [-0.25, -0.2) is 9.13 Å². The zero-order valence-electron chi connectivity index (χ0n) is 65.8. The van der Waals surface area contributed by atoms with Crippen molar-refractivity contribution in [3.63, 3.8) is 0 Å². The second kappa shape index (κ2) is 70.1. The van der Waals surface area contributed by atoms with E-state index < -0.39 is 97.5 Å². The number of carbonyl (C=O) groups excluding carboxylic acids is 4. The molecule has 0 radical (unpaired) electrons. The topological polar surface area (TPSA) is 237 Å². The highest BCUT2D eigenvalue weighted by molar-refractivity contribution is 7.47. The predicted octanol–water partition coefficient (Wildman–Crippen LogP) is 24.0. The van der Waals surface area contributed by atoms with Gasteiger partial charge in [0.25, 0.3) is 0 Å². The van der Waals surface area contributed by atoms with Gasteiger partial charge in [-0.05, 0) is 49.4 Å². The lowest BCUT2D eigenvalue weighted by Gasteiger charge is -2.21. The predicted molar refractivity (Wildman–Crippen MR) is 409 cm³/mol. The van der Waals surface area contributed by atoms with E-state index in [0.717, 1.165) is 114 Å². The number of esters is 4. The maximum Gasteiger partial charge on any atom is 0.472 e. The molecule has 0 heterocycles. The molecule has 3 unspecified atom stereocenters. The van der Waals surface area contributed by atoms with Gasteiger partial charge in [-0.1, -0.05) is 364 Å². The van der Waals surface area contributed by atoms with E-state index in [9.17, 15) is 43.2 Å². The Morgan fingerprint density at radius 2 is 0.480 bits per heavy atom. The normalized spacial score (nSPS) is 14.3. The van der Waals surface area contributed by atoms with Gasteiger partial charge in [0.1, 0.15) is 19.3 Å². The number of aliphatic hydroxyl groups excluding tert-OH is 1. The molecule has 0 aromatic carbocycles. The molecule has 17 nitrogen and oxygen atoms in total. The van der Waals surface area contributed by atoms with E-state index in [1.54, 1.807) is 0 Å². The summed E-state index contributed by atoms with van der Waals surface area (Å²) in [5, 5.41) is 10.6. The van der Waals surface area contributed by atoms with Crippen LogP contribution in [-0.4, -0.2) is 96.7 Å². The Hall–Kier alpha value is -1.94. The monoisotopic (exact) mass is 1470 g/mol. The average Bonchev–Trinajstić information content (AvgIpc) is 1.04. The van der Waals surface area contributed by atoms with Crippen LogP contribution in [0, 0.1) is 23.7 Å². The highest BCUT2D eigenvalue weighted by Gasteiger charge is 2.30. The highest BCUT2D eigenvalue weighted by Crippen LogP contribution is 2.45. The van der Waals surface area contributed by atoms with Gasteiger partial charge < -0.3 is 33.8 Å².